The molecular weight excluding hydrogens is 326 g/mol. The van der Waals surface area contributed by atoms with Crippen LogP contribution in [-0.4, -0.2) is 30.8 Å². The molecule has 1 aliphatic carbocycles. The van der Waals surface area contributed by atoms with Gasteiger partial charge in [0.1, 0.15) is 18.8 Å². The molecule has 4 rings (SSSR count). The van der Waals surface area contributed by atoms with E-state index < -0.39 is 5.60 Å². The highest BCUT2D eigenvalue weighted by molar-refractivity contribution is 7.10. The van der Waals surface area contributed by atoms with Crippen LogP contribution in [0.1, 0.15) is 33.6 Å². The van der Waals surface area contributed by atoms with Crippen LogP contribution in [0.3, 0.4) is 0 Å². The number of aryl methyl sites for hydroxylation is 1. The van der Waals surface area contributed by atoms with Crippen molar-refractivity contribution in [2.24, 2.45) is 0 Å². The summed E-state index contributed by atoms with van der Waals surface area (Å²) >= 11 is 1.67. The number of carbonyl (C=O) groups is 1. The number of hydrogen-bond donors (Lipinski definition) is 2. The van der Waals surface area contributed by atoms with E-state index >= 15 is 0 Å². The molecule has 0 saturated heterocycles. The number of hydrogen-bond acceptors (Lipinski definition) is 5. The molecule has 24 heavy (non-hydrogen) atoms. The van der Waals surface area contributed by atoms with E-state index in [2.05, 4.69) is 5.32 Å². The molecule has 1 aliphatic heterocycles. The minimum Gasteiger partial charge on any atom is -0.486 e. The first kappa shape index (κ1) is 15.5. The van der Waals surface area contributed by atoms with Crippen molar-refractivity contribution in [3.05, 3.63) is 45.6 Å². The fourth-order valence-corrected chi connectivity index (χ4v) is 4.40. The highest BCUT2D eigenvalue weighted by Crippen LogP contribution is 2.38. The molecule has 2 aliphatic rings. The van der Waals surface area contributed by atoms with Gasteiger partial charge in [-0.3, -0.25) is 4.79 Å². The lowest BCUT2D eigenvalue weighted by molar-refractivity contribution is 0.0197. The third-order valence-corrected chi connectivity index (χ3v) is 5.57. The predicted molar refractivity (Wildman–Crippen MR) is 90.9 cm³/mol. The second-order valence-electron chi connectivity index (χ2n) is 6.16. The summed E-state index contributed by atoms with van der Waals surface area (Å²) < 4.78 is 11.1. The van der Waals surface area contributed by atoms with Crippen LogP contribution in [-0.2, 0) is 12.0 Å². The number of carbonyl (C=O) groups excluding carboxylic acids is 1. The summed E-state index contributed by atoms with van der Waals surface area (Å²) in [6.07, 6.45) is 2.59. The first-order valence-electron chi connectivity index (χ1n) is 8.13. The Labute approximate surface area is 144 Å². The van der Waals surface area contributed by atoms with Gasteiger partial charge in [0.25, 0.3) is 5.91 Å². The molecule has 1 unspecified atom stereocenters. The van der Waals surface area contributed by atoms with Crippen molar-refractivity contribution in [2.45, 2.75) is 24.9 Å². The van der Waals surface area contributed by atoms with Crippen LogP contribution in [0.25, 0.3) is 0 Å². The Morgan fingerprint density at radius 3 is 3.08 bits per heavy atom. The third-order valence-electron chi connectivity index (χ3n) is 4.59. The smallest absolute Gasteiger partial charge is 0.255 e. The SMILES string of the molecule is O=C(NCC1(O)CCCc2sccc21)c1cccc2c1OCCO2. The topological polar surface area (TPSA) is 67.8 Å². The van der Waals surface area contributed by atoms with Crippen LogP contribution in [0, 0.1) is 0 Å². The molecule has 0 fully saturated rings. The fourth-order valence-electron chi connectivity index (χ4n) is 3.38. The van der Waals surface area contributed by atoms with Gasteiger partial charge < -0.3 is 19.9 Å². The lowest BCUT2D eigenvalue weighted by Crippen LogP contribution is -2.42. The number of amides is 1. The van der Waals surface area contributed by atoms with Gasteiger partial charge in [-0.05, 0) is 48.4 Å². The number of aliphatic hydroxyl groups is 1. The lowest BCUT2D eigenvalue weighted by Gasteiger charge is -2.32. The monoisotopic (exact) mass is 345 g/mol. The molecule has 1 aromatic carbocycles. The van der Waals surface area contributed by atoms with Crippen LogP contribution in [0.2, 0.25) is 0 Å². The van der Waals surface area contributed by atoms with Crippen LogP contribution < -0.4 is 14.8 Å². The zero-order chi connectivity index (χ0) is 16.6. The Morgan fingerprint density at radius 2 is 2.17 bits per heavy atom. The molecule has 0 spiro atoms. The molecule has 1 atom stereocenters. The molecule has 1 aromatic heterocycles. The predicted octanol–water partition coefficient (Wildman–Crippen LogP) is 2.47. The normalized spacial score (nSPS) is 21.9. The quantitative estimate of drug-likeness (QED) is 0.897. The van der Waals surface area contributed by atoms with Gasteiger partial charge in [-0.1, -0.05) is 6.07 Å². The van der Waals surface area contributed by atoms with Crippen molar-refractivity contribution in [1.29, 1.82) is 0 Å². The molecule has 6 heteroatoms. The highest BCUT2D eigenvalue weighted by atomic mass is 32.1. The van der Waals surface area contributed by atoms with Gasteiger partial charge in [-0.2, -0.15) is 0 Å². The Balaban J connectivity index is 1.52. The van der Waals surface area contributed by atoms with E-state index in [0.29, 0.717) is 36.7 Å². The molecule has 2 aromatic rings. The summed E-state index contributed by atoms with van der Waals surface area (Å²) in [6, 6.07) is 7.24. The van der Waals surface area contributed by atoms with Crippen LogP contribution in [0.5, 0.6) is 11.5 Å². The average Bonchev–Trinajstić information content (AvgIpc) is 3.10. The zero-order valence-electron chi connectivity index (χ0n) is 13.2. The standard InChI is InChI=1S/C18H19NO4S/c20-17(12-3-1-4-14-16(12)23-9-8-22-14)19-11-18(21)7-2-5-15-13(18)6-10-24-15/h1,3-4,6,10,21H,2,5,7-9,11H2,(H,19,20). The van der Waals surface area contributed by atoms with Crippen LogP contribution >= 0.6 is 11.3 Å². The van der Waals surface area contributed by atoms with Crippen LogP contribution in [0.15, 0.2) is 29.6 Å². The highest BCUT2D eigenvalue weighted by Gasteiger charge is 2.35. The Kier molecular flexibility index (Phi) is 3.94. The minimum absolute atomic E-state index is 0.195. The molecule has 0 radical (unpaired) electrons. The fraction of sp³-hybridized carbons (Fsp3) is 0.389. The molecule has 126 valence electrons. The number of rotatable bonds is 3. The second-order valence-corrected chi connectivity index (χ2v) is 7.16. The first-order chi connectivity index (χ1) is 11.7. The molecular formula is C18H19NO4S. The van der Waals surface area contributed by atoms with Crippen molar-refractivity contribution < 1.29 is 19.4 Å². The molecule has 2 heterocycles. The summed E-state index contributed by atoms with van der Waals surface area (Å²) in [7, 11) is 0. The maximum Gasteiger partial charge on any atom is 0.255 e. The van der Waals surface area contributed by atoms with E-state index in [-0.39, 0.29) is 12.5 Å². The molecule has 5 nitrogen and oxygen atoms in total. The van der Waals surface area contributed by atoms with Gasteiger partial charge in [-0.25, -0.2) is 0 Å². The van der Waals surface area contributed by atoms with Crippen molar-refractivity contribution in [3.63, 3.8) is 0 Å². The molecule has 2 N–H and O–H groups in total. The van der Waals surface area contributed by atoms with E-state index in [1.807, 2.05) is 11.4 Å². The maximum atomic E-state index is 12.6. The van der Waals surface area contributed by atoms with Crippen LogP contribution in [0.4, 0.5) is 0 Å². The van der Waals surface area contributed by atoms with Crippen molar-refractivity contribution in [2.75, 3.05) is 19.8 Å². The van der Waals surface area contributed by atoms with Gasteiger partial charge in [0.15, 0.2) is 11.5 Å². The number of fused-ring (bicyclic) bond motifs is 2. The number of thiophene rings is 1. The minimum atomic E-state index is -0.991. The maximum absolute atomic E-state index is 12.6. The van der Waals surface area contributed by atoms with Crippen molar-refractivity contribution in [3.8, 4) is 11.5 Å². The van der Waals surface area contributed by atoms with Crippen molar-refractivity contribution in [1.82, 2.24) is 5.32 Å². The second kappa shape index (κ2) is 6.11. The zero-order valence-corrected chi connectivity index (χ0v) is 14.0. The third kappa shape index (κ3) is 2.65. The Morgan fingerprint density at radius 1 is 1.29 bits per heavy atom. The van der Waals surface area contributed by atoms with Gasteiger partial charge in [0, 0.05) is 4.88 Å². The summed E-state index contributed by atoms with van der Waals surface area (Å²) in [5.74, 6) is 0.812. The van der Waals surface area contributed by atoms with Gasteiger partial charge >= 0.3 is 0 Å². The van der Waals surface area contributed by atoms with E-state index in [1.54, 1.807) is 29.5 Å². The molecule has 0 saturated carbocycles. The lowest BCUT2D eigenvalue weighted by atomic mass is 9.83. The van der Waals surface area contributed by atoms with Gasteiger partial charge in [0.05, 0.1) is 12.1 Å². The van der Waals surface area contributed by atoms with Gasteiger partial charge in [-0.15, -0.1) is 11.3 Å². The van der Waals surface area contributed by atoms with Crippen molar-refractivity contribution >= 4 is 17.2 Å². The first-order valence-corrected chi connectivity index (χ1v) is 9.01. The molecule has 0 bridgehead atoms. The number of benzene rings is 1. The summed E-state index contributed by atoms with van der Waals surface area (Å²) in [5, 5.41) is 15.9. The Hall–Kier alpha value is -2.05. The van der Waals surface area contributed by atoms with E-state index in [9.17, 15) is 9.90 Å². The van der Waals surface area contributed by atoms with E-state index in [4.69, 9.17) is 9.47 Å². The van der Waals surface area contributed by atoms with Gasteiger partial charge in [0.2, 0.25) is 0 Å². The largest absolute Gasteiger partial charge is 0.486 e. The number of para-hydroxylation sites is 1. The number of ether oxygens (including phenoxy) is 2. The van der Waals surface area contributed by atoms with E-state index in [1.165, 1.54) is 4.88 Å². The Bertz CT molecular complexity index is 772. The molecule has 1 amide bonds. The number of nitrogens with one attached hydrogen (secondary N) is 1. The summed E-state index contributed by atoms with van der Waals surface area (Å²) in [4.78, 5) is 13.8. The summed E-state index contributed by atoms with van der Waals surface area (Å²) in [5.41, 5.74) is 0.404. The van der Waals surface area contributed by atoms with E-state index in [0.717, 1.165) is 18.4 Å². The summed E-state index contributed by atoms with van der Waals surface area (Å²) in [6.45, 7) is 1.11. The average molecular weight is 345 g/mol.